The van der Waals surface area contributed by atoms with E-state index in [0.717, 1.165) is 54.6 Å². The van der Waals surface area contributed by atoms with Gasteiger partial charge in [0.1, 0.15) is 5.69 Å². The van der Waals surface area contributed by atoms with Crippen LogP contribution >= 0.6 is 11.8 Å². The number of rotatable bonds is 4. The minimum Gasteiger partial charge on any atom is -0.338 e. The SMILES string of the molecule is CCn1c(SC)nnc1-c1nn(C)c2c1CN(C(=O)C1CC1)CC2. The van der Waals surface area contributed by atoms with E-state index in [4.69, 9.17) is 5.10 Å². The molecule has 2 aromatic rings. The summed E-state index contributed by atoms with van der Waals surface area (Å²) in [6, 6.07) is 0. The number of aryl methyl sites for hydroxylation is 1. The van der Waals surface area contributed by atoms with Crippen molar-refractivity contribution in [2.75, 3.05) is 12.8 Å². The maximum atomic E-state index is 12.5. The molecule has 2 aliphatic rings. The third-order valence-electron chi connectivity index (χ3n) is 4.91. The van der Waals surface area contributed by atoms with Crippen LogP contribution in [-0.2, 0) is 31.4 Å². The molecule has 0 saturated heterocycles. The Morgan fingerprint density at radius 3 is 2.79 bits per heavy atom. The number of fused-ring (bicyclic) bond motifs is 1. The van der Waals surface area contributed by atoms with Crippen LogP contribution in [0.2, 0.25) is 0 Å². The lowest BCUT2D eigenvalue weighted by molar-refractivity contribution is -0.133. The molecule has 4 rings (SSSR count). The zero-order chi connectivity index (χ0) is 16.8. The summed E-state index contributed by atoms with van der Waals surface area (Å²) in [5, 5.41) is 14.3. The molecule has 1 fully saturated rings. The summed E-state index contributed by atoms with van der Waals surface area (Å²) in [5.74, 6) is 1.37. The van der Waals surface area contributed by atoms with E-state index in [9.17, 15) is 4.79 Å². The van der Waals surface area contributed by atoms with Crippen LogP contribution in [0.15, 0.2) is 5.16 Å². The minimum atomic E-state index is 0.258. The third-order valence-corrected chi connectivity index (χ3v) is 5.58. The quantitative estimate of drug-likeness (QED) is 0.789. The van der Waals surface area contributed by atoms with Gasteiger partial charge < -0.3 is 9.47 Å². The lowest BCUT2D eigenvalue weighted by Gasteiger charge is -2.27. The van der Waals surface area contributed by atoms with Crippen molar-refractivity contribution in [1.29, 1.82) is 0 Å². The predicted molar refractivity (Wildman–Crippen MR) is 91.5 cm³/mol. The zero-order valence-corrected chi connectivity index (χ0v) is 15.1. The van der Waals surface area contributed by atoms with Gasteiger partial charge in [-0.3, -0.25) is 9.48 Å². The van der Waals surface area contributed by atoms with E-state index in [1.54, 1.807) is 11.8 Å². The highest BCUT2D eigenvalue weighted by molar-refractivity contribution is 7.98. The molecular weight excluding hydrogens is 324 g/mol. The second-order valence-corrected chi connectivity index (χ2v) is 7.21. The van der Waals surface area contributed by atoms with Crippen LogP contribution in [0.5, 0.6) is 0 Å². The first-order chi connectivity index (χ1) is 11.6. The van der Waals surface area contributed by atoms with E-state index in [2.05, 4.69) is 21.7 Å². The summed E-state index contributed by atoms with van der Waals surface area (Å²) in [7, 11) is 1.98. The Morgan fingerprint density at radius 2 is 2.12 bits per heavy atom. The van der Waals surface area contributed by atoms with Gasteiger partial charge in [-0.2, -0.15) is 5.10 Å². The molecule has 1 aliphatic carbocycles. The summed E-state index contributed by atoms with van der Waals surface area (Å²) in [4.78, 5) is 14.5. The van der Waals surface area contributed by atoms with Gasteiger partial charge in [-0.05, 0) is 26.0 Å². The van der Waals surface area contributed by atoms with Gasteiger partial charge in [0.15, 0.2) is 11.0 Å². The highest BCUT2D eigenvalue weighted by Gasteiger charge is 2.36. The van der Waals surface area contributed by atoms with Gasteiger partial charge in [-0.15, -0.1) is 10.2 Å². The van der Waals surface area contributed by atoms with Crippen molar-refractivity contribution in [3.63, 3.8) is 0 Å². The van der Waals surface area contributed by atoms with Crippen LogP contribution < -0.4 is 0 Å². The van der Waals surface area contributed by atoms with Crippen LogP contribution in [0.1, 0.15) is 31.0 Å². The average Bonchev–Trinajstić information content (AvgIpc) is 3.29. The first kappa shape index (κ1) is 15.7. The van der Waals surface area contributed by atoms with Crippen LogP contribution in [0.4, 0.5) is 0 Å². The molecule has 1 amide bonds. The van der Waals surface area contributed by atoms with Crippen LogP contribution in [-0.4, -0.2) is 48.2 Å². The largest absolute Gasteiger partial charge is 0.338 e. The van der Waals surface area contributed by atoms with E-state index in [0.29, 0.717) is 12.5 Å². The molecule has 0 bridgehead atoms. The number of carbonyl (C=O) groups is 1. The second kappa shape index (κ2) is 5.91. The topological polar surface area (TPSA) is 68.8 Å². The van der Waals surface area contributed by atoms with Gasteiger partial charge in [0.05, 0.1) is 0 Å². The summed E-state index contributed by atoms with van der Waals surface area (Å²) in [6.45, 7) is 4.32. The molecule has 1 saturated carbocycles. The maximum absolute atomic E-state index is 12.5. The molecule has 0 aromatic carbocycles. The summed E-state index contributed by atoms with van der Waals surface area (Å²) in [6.07, 6.45) is 4.95. The standard InChI is InChI=1S/C16H22N6OS/c1-4-22-14(17-18-16(22)24-3)13-11-9-21(15(23)10-5-6-10)8-7-12(11)20(2)19-13/h10H,4-9H2,1-3H3. The van der Waals surface area contributed by atoms with Gasteiger partial charge >= 0.3 is 0 Å². The molecule has 128 valence electrons. The van der Waals surface area contributed by atoms with Crippen molar-refractivity contribution in [3.05, 3.63) is 11.3 Å². The molecule has 3 heterocycles. The Morgan fingerprint density at radius 1 is 1.33 bits per heavy atom. The highest BCUT2D eigenvalue weighted by Crippen LogP contribution is 2.35. The van der Waals surface area contributed by atoms with Gasteiger partial charge in [-0.25, -0.2) is 0 Å². The fraction of sp³-hybridized carbons (Fsp3) is 0.625. The molecule has 2 aromatic heterocycles. The molecule has 8 heteroatoms. The Labute approximate surface area is 145 Å². The Balaban J connectivity index is 1.73. The number of hydrogen-bond acceptors (Lipinski definition) is 5. The minimum absolute atomic E-state index is 0.258. The average molecular weight is 346 g/mol. The second-order valence-electron chi connectivity index (χ2n) is 6.44. The fourth-order valence-electron chi connectivity index (χ4n) is 3.45. The molecular formula is C16H22N6OS. The van der Waals surface area contributed by atoms with Gasteiger partial charge in [-0.1, -0.05) is 11.8 Å². The van der Waals surface area contributed by atoms with Gasteiger partial charge in [0.25, 0.3) is 0 Å². The van der Waals surface area contributed by atoms with Crippen molar-refractivity contribution >= 4 is 17.7 Å². The summed E-state index contributed by atoms with van der Waals surface area (Å²) < 4.78 is 4.03. The maximum Gasteiger partial charge on any atom is 0.225 e. The van der Waals surface area contributed by atoms with E-state index in [-0.39, 0.29) is 5.92 Å². The van der Waals surface area contributed by atoms with Crippen LogP contribution in [0, 0.1) is 5.92 Å². The number of amides is 1. The van der Waals surface area contributed by atoms with Crippen molar-refractivity contribution < 1.29 is 4.79 Å². The van der Waals surface area contributed by atoms with E-state index < -0.39 is 0 Å². The predicted octanol–water partition coefficient (Wildman–Crippen LogP) is 1.72. The lowest BCUT2D eigenvalue weighted by atomic mass is 10.0. The van der Waals surface area contributed by atoms with Crippen molar-refractivity contribution in [3.8, 4) is 11.5 Å². The normalized spacial score (nSPS) is 17.2. The summed E-state index contributed by atoms with van der Waals surface area (Å²) in [5.41, 5.74) is 3.21. The Kier molecular flexibility index (Phi) is 3.86. The lowest BCUT2D eigenvalue weighted by Crippen LogP contribution is -2.37. The first-order valence-corrected chi connectivity index (χ1v) is 9.67. The highest BCUT2D eigenvalue weighted by atomic mass is 32.2. The van der Waals surface area contributed by atoms with Gasteiger partial charge in [0.2, 0.25) is 5.91 Å². The van der Waals surface area contributed by atoms with E-state index >= 15 is 0 Å². The summed E-state index contributed by atoms with van der Waals surface area (Å²) >= 11 is 1.59. The van der Waals surface area contributed by atoms with Crippen LogP contribution in [0.3, 0.4) is 0 Å². The molecule has 0 radical (unpaired) electrons. The molecule has 0 unspecified atom stereocenters. The first-order valence-electron chi connectivity index (χ1n) is 8.45. The Hall–Kier alpha value is -1.83. The van der Waals surface area contributed by atoms with Crippen molar-refractivity contribution in [2.24, 2.45) is 13.0 Å². The van der Waals surface area contributed by atoms with Crippen LogP contribution in [0.25, 0.3) is 11.5 Å². The zero-order valence-electron chi connectivity index (χ0n) is 14.3. The molecule has 0 atom stereocenters. The third kappa shape index (κ3) is 2.44. The Bertz CT molecular complexity index is 791. The van der Waals surface area contributed by atoms with Crippen molar-refractivity contribution in [2.45, 2.75) is 44.4 Å². The smallest absolute Gasteiger partial charge is 0.225 e. The fourth-order valence-corrected chi connectivity index (χ4v) is 4.01. The van der Waals surface area contributed by atoms with E-state index in [1.165, 1.54) is 5.69 Å². The number of hydrogen-bond donors (Lipinski definition) is 0. The van der Waals surface area contributed by atoms with E-state index in [1.807, 2.05) is 22.9 Å². The number of carbonyl (C=O) groups excluding carboxylic acids is 1. The molecule has 0 N–H and O–H groups in total. The number of thioether (sulfide) groups is 1. The number of nitrogens with zero attached hydrogens (tertiary/aromatic N) is 6. The molecule has 1 aliphatic heterocycles. The molecule has 7 nitrogen and oxygen atoms in total. The van der Waals surface area contributed by atoms with Gasteiger partial charge in [0, 0.05) is 50.3 Å². The number of aromatic nitrogens is 5. The molecule has 24 heavy (non-hydrogen) atoms. The monoisotopic (exact) mass is 346 g/mol. The van der Waals surface area contributed by atoms with Crippen molar-refractivity contribution in [1.82, 2.24) is 29.4 Å². The molecule has 0 spiro atoms.